The van der Waals surface area contributed by atoms with Gasteiger partial charge in [0, 0.05) is 17.2 Å². The van der Waals surface area contributed by atoms with E-state index in [1.807, 2.05) is 0 Å². The summed E-state index contributed by atoms with van der Waals surface area (Å²) in [6.07, 6.45) is 6.47. The maximum atomic E-state index is 6.46. The average Bonchev–Trinajstić information content (AvgIpc) is 2.83. The molecule has 2 saturated carbocycles. The highest BCUT2D eigenvalue weighted by molar-refractivity contribution is 6.21. The molecule has 0 heterocycles. The second kappa shape index (κ2) is 4.45. The van der Waals surface area contributed by atoms with Gasteiger partial charge in [-0.1, -0.05) is 30.5 Å². The third-order valence-electron chi connectivity index (χ3n) is 4.82. The molecule has 2 heteroatoms. The van der Waals surface area contributed by atoms with E-state index in [2.05, 4.69) is 32.0 Å². The van der Waals surface area contributed by atoms with Crippen molar-refractivity contribution < 1.29 is 4.74 Å². The van der Waals surface area contributed by atoms with Crippen LogP contribution in [0.1, 0.15) is 43.2 Å². The largest absolute Gasteiger partial charge is 0.489 e. The number of rotatable bonds is 2. The number of hydrogen-bond acceptors (Lipinski definition) is 1. The molecule has 3 rings (SSSR count). The Morgan fingerprint density at radius 3 is 2.56 bits per heavy atom. The van der Waals surface area contributed by atoms with Crippen LogP contribution in [-0.2, 0) is 0 Å². The van der Waals surface area contributed by atoms with Crippen LogP contribution in [-0.4, -0.2) is 11.5 Å². The predicted octanol–water partition coefficient (Wildman–Crippen LogP) is 4.62. The van der Waals surface area contributed by atoms with Crippen LogP contribution in [0.4, 0.5) is 0 Å². The second-order valence-electron chi connectivity index (χ2n) is 6.02. The van der Waals surface area contributed by atoms with E-state index < -0.39 is 0 Å². The number of alkyl halides is 1. The number of aryl methyl sites for hydroxylation is 2. The van der Waals surface area contributed by atoms with Crippen molar-refractivity contribution in [2.75, 3.05) is 0 Å². The van der Waals surface area contributed by atoms with Crippen molar-refractivity contribution in [3.05, 3.63) is 29.3 Å². The summed E-state index contributed by atoms with van der Waals surface area (Å²) in [5, 5.41) is 0.329. The molecule has 2 aliphatic carbocycles. The summed E-state index contributed by atoms with van der Waals surface area (Å²) in [5.41, 5.74) is 2.80. The van der Waals surface area contributed by atoms with E-state index in [1.165, 1.54) is 36.8 Å². The van der Waals surface area contributed by atoms with Gasteiger partial charge in [-0.05, 0) is 38.3 Å². The zero-order chi connectivity index (χ0) is 12.8. The van der Waals surface area contributed by atoms with Gasteiger partial charge in [-0.25, -0.2) is 0 Å². The number of hydrogen-bond donors (Lipinski definition) is 0. The summed E-state index contributed by atoms with van der Waals surface area (Å²) in [4.78, 5) is 0. The van der Waals surface area contributed by atoms with E-state index in [-0.39, 0.29) is 5.41 Å². The first-order valence-corrected chi connectivity index (χ1v) is 7.43. The molecule has 1 aromatic rings. The summed E-state index contributed by atoms with van der Waals surface area (Å²) in [5.74, 6) is 1.04. The number of benzene rings is 1. The molecule has 18 heavy (non-hydrogen) atoms. The van der Waals surface area contributed by atoms with Gasteiger partial charge in [-0.15, -0.1) is 11.6 Å². The second-order valence-corrected chi connectivity index (χ2v) is 6.55. The summed E-state index contributed by atoms with van der Waals surface area (Å²) < 4.78 is 6.26. The Morgan fingerprint density at radius 2 is 1.94 bits per heavy atom. The normalized spacial score (nSPS) is 29.3. The smallest absolute Gasteiger partial charge is 0.122 e. The van der Waals surface area contributed by atoms with Crippen LogP contribution in [0.5, 0.6) is 5.75 Å². The van der Waals surface area contributed by atoms with E-state index in [0.29, 0.717) is 11.5 Å². The van der Waals surface area contributed by atoms with Crippen molar-refractivity contribution in [2.24, 2.45) is 5.41 Å². The lowest BCUT2D eigenvalue weighted by atomic mass is 9.64. The minimum atomic E-state index is 0.277. The molecule has 0 aromatic heterocycles. The molecule has 0 radical (unpaired) electrons. The summed E-state index contributed by atoms with van der Waals surface area (Å²) >= 11 is 6.46. The fraction of sp³-hybridized carbons (Fsp3) is 0.625. The fourth-order valence-corrected chi connectivity index (χ4v) is 4.14. The molecule has 0 bridgehead atoms. The van der Waals surface area contributed by atoms with Crippen molar-refractivity contribution in [1.29, 1.82) is 0 Å². The van der Waals surface area contributed by atoms with Gasteiger partial charge in [0.2, 0.25) is 0 Å². The Morgan fingerprint density at radius 1 is 1.22 bits per heavy atom. The molecule has 0 amide bonds. The Balaban J connectivity index is 1.77. The van der Waals surface area contributed by atoms with Crippen LogP contribution in [0.25, 0.3) is 0 Å². The molecule has 0 N–H and O–H groups in total. The summed E-state index contributed by atoms with van der Waals surface area (Å²) in [7, 11) is 0. The Kier molecular flexibility index (Phi) is 3.05. The third kappa shape index (κ3) is 1.84. The molecule has 2 fully saturated rings. The van der Waals surface area contributed by atoms with Gasteiger partial charge in [0.05, 0.1) is 0 Å². The van der Waals surface area contributed by atoms with Crippen LogP contribution >= 0.6 is 11.6 Å². The zero-order valence-corrected chi connectivity index (χ0v) is 12.0. The standard InChI is InChI=1S/C16H21ClO/c1-11-5-6-13(12(2)9-11)18-15-10-14(17)16(15)7-3-4-8-16/h5-6,9,14-15H,3-4,7-8,10H2,1-2H3. The van der Waals surface area contributed by atoms with E-state index in [1.54, 1.807) is 0 Å². The van der Waals surface area contributed by atoms with E-state index in [9.17, 15) is 0 Å². The van der Waals surface area contributed by atoms with Gasteiger partial charge in [0.25, 0.3) is 0 Å². The van der Waals surface area contributed by atoms with Crippen molar-refractivity contribution in [3.63, 3.8) is 0 Å². The van der Waals surface area contributed by atoms with Gasteiger partial charge in [-0.3, -0.25) is 0 Å². The highest BCUT2D eigenvalue weighted by Crippen LogP contribution is 2.57. The van der Waals surface area contributed by atoms with E-state index in [0.717, 1.165) is 12.2 Å². The van der Waals surface area contributed by atoms with Crippen molar-refractivity contribution >= 4 is 11.6 Å². The Labute approximate surface area is 114 Å². The quantitative estimate of drug-likeness (QED) is 0.708. The topological polar surface area (TPSA) is 9.23 Å². The molecule has 2 aliphatic rings. The first-order valence-electron chi connectivity index (χ1n) is 7.00. The van der Waals surface area contributed by atoms with Crippen molar-refractivity contribution in [1.82, 2.24) is 0 Å². The monoisotopic (exact) mass is 264 g/mol. The lowest BCUT2D eigenvalue weighted by Crippen LogP contribution is -2.55. The molecule has 98 valence electrons. The highest BCUT2D eigenvalue weighted by Gasteiger charge is 2.57. The third-order valence-corrected chi connectivity index (χ3v) is 5.43. The molecule has 2 atom stereocenters. The maximum absolute atomic E-state index is 6.46. The first-order chi connectivity index (χ1) is 8.62. The van der Waals surface area contributed by atoms with Gasteiger partial charge < -0.3 is 4.74 Å². The molecule has 1 aromatic carbocycles. The molecule has 1 nitrogen and oxygen atoms in total. The molecular weight excluding hydrogens is 244 g/mol. The van der Waals surface area contributed by atoms with Gasteiger partial charge >= 0.3 is 0 Å². The van der Waals surface area contributed by atoms with Gasteiger partial charge in [0.15, 0.2) is 0 Å². The maximum Gasteiger partial charge on any atom is 0.122 e. The fourth-order valence-electron chi connectivity index (χ4n) is 3.62. The van der Waals surface area contributed by atoms with E-state index >= 15 is 0 Å². The minimum absolute atomic E-state index is 0.277. The summed E-state index contributed by atoms with van der Waals surface area (Å²) in [6.45, 7) is 4.24. The van der Waals surface area contributed by atoms with Crippen LogP contribution in [0.2, 0.25) is 0 Å². The molecular formula is C16H21ClO. The van der Waals surface area contributed by atoms with Gasteiger partial charge in [-0.2, -0.15) is 0 Å². The molecule has 1 spiro atoms. The zero-order valence-electron chi connectivity index (χ0n) is 11.2. The SMILES string of the molecule is Cc1ccc(OC2CC(Cl)C23CCCC3)c(C)c1. The lowest BCUT2D eigenvalue weighted by Gasteiger charge is -2.51. The molecule has 0 aliphatic heterocycles. The van der Waals surface area contributed by atoms with E-state index in [4.69, 9.17) is 16.3 Å². The number of halogens is 1. The predicted molar refractivity (Wildman–Crippen MR) is 75.5 cm³/mol. The molecule has 2 unspecified atom stereocenters. The Hall–Kier alpha value is -0.690. The Bertz CT molecular complexity index is 448. The first kappa shape index (κ1) is 12.3. The lowest BCUT2D eigenvalue weighted by molar-refractivity contribution is -0.0359. The van der Waals surface area contributed by atoms with Crippen LogP contribution < -0.4 is 4.74 Å². The van der Waals surface area contributed by atoms with Crippen LogP contribution in [0.3, 0.4) is 0 Å². The molecule has 0 saturated heterocycles. The van der Waals surface area contributed by atoms with Crippen molar-refractivity contribution in [2.45, 2.75) is 57.4 Å². The highest BCUT2D eigenvalue weighted by atomic mass is 35.5. The number of ether oxygens (including phenoxy) is 1. The van der Waals surface area contributed by atoms with Gasteiger partial charge in [0.1, 0.15) is 11.9 Å². The summed E-state index contributed by atoms with van der Waals surface area (Å²) in [6, 6.07) is 6.42. The minimum Gasteiger partial charge on any atom is -0.489 e. The van der Waals surface area contributed by atoms with Crippen LogP contribution in [0, 0.1) is 19.3 Å². The van der Waals surface area contributed by atoms with Crippen molar-refractivity contribution in [3.8, 4) is 5.75 Å². The average molecular weight is 265 g/mol. The van der Waals surface area contributed by atoms with Crippen LogP contribution in [0.15, 0.2) is 18.2 Å².